The molecule has 0 radical (unpaired) electrons. The molecule has 38 heavy (non-hydrogen) atoms. The Labute approximate surface area is 211 Å². The summed E-state index contributed by atoms with van der Waals surface area (Å²) >= 11 is 0. The van der Waals surface area contributed by atoms with Crippen LogP contribution in [0.4, 0.5) is 17.6 Å². The molecule has 2 N–H and O–H groups in total. The number of hydrogen-bond acceptors (Lipinski definition) is 5. The molecular weight excluding hydrogens is 506 g/mol. The number of amides is 1. The number of aromatic nitrogens is 6. The van der Waals surface area contributed by atoms with Gasteiger partial charge in [0.25, 0.3) is 11.5 Å². The minimum absolute atomic E-state index is 0.0196. The maximum Gasteiger partial charge on any atom is 0.434 e. The summed E-state index contributed by atoms with van der Waals surface area (Å²) in [6.07, 6.45) is -0.208. The molecule has 0 saturated heterocycles. The smallest absolute Gasteiger partial charge is 0.329 e. The Morgan fingerprint density at radius 3 is 2.37 bits per heavy atom. The van der Waals surface area contributed by atoms with Gasteiger partial charge in [-0.05, 0) is 47.7 Å². The van der Waals surface area contributed by atoms with Crippen LogP contribution in [0.15, 0.2) is 84.1 Å². The predicted molar refractivity (Wildman–Crippen MR) is 130 cm³/mol. The highest BCUT2D eigenvalue weighted by molar-refractivity contribution is 5.97. The maximum absolute atomic E-state index is 14.5. The second-order valence-corrected chi connectivity index (χ2v) is 8.11. The van der Waals surface area contributed by atoms with Gasteiger partial charge < -0.3 is 4.98 Å². The van der Waals surface area contributed by atoms with E-state index in [9.17, 15) is 27.2 Å². The quantitative estimate of drug-likeness (QED) is 0.260. The number of hydrogen-bond donors (Lipinski definition) is 2. The summed E-state index contributed by atoms with van der Waals surface area (Å²) in [5, 5.41) is 14.1. The van der Waals surface area contributed by atoms with Crippen molar-refractivity contribution < 1.29 is 22.4 Å². The molecule has 2 aromatic carbocycles. The van der Waals surface area contributed by atoms with E-state index in [0.717, 1.165) is 11.0 Å². The van der Waals surface area contributed by atoms with Gasteiger partial charge in [0.2, 0.25) is 5.95 Å². The van der Waals surface area contributed by atoms with Gasteiger partial charge in [-0.15, -0.1) is 0 Å². The van der Waals surface area contributed by atoms with Crippen LogP contribution in [0.5, 0.6) is 0 Å². The number of rotatable bonds is 5. The number of alkyl halides is 3. The minimum atomic E-state index is -4.99. The van der Waals surface area contributed by atoms with Crippen LogP contribution in [0, 0.1) is 0 Å². The molecule has 0 atom stereocenters. The van der Waals surface area contributed by atoms with Crippen LogP contribution in [0.25, 0.3) is 33.3 Å². The normalized spacial score (nSPS) is 12.4. The van der Waals surface area contributed by atoms with Crippen LogP contribution in [0.2, 0.25) is 0 Å². The fourth-order valence-electron chi connectivity index (χ4n) is 3.97. The van der Waals surface area contributed by atoms with Gasteiger partial charge in [-0.25, -0.2) is 4.68 Å². The van der Waals surface area contributed by atoms with Crippen molar-refractivity contribution >= 4 is 22.4 Å². The number of allylic oxidation sites excluding steroid dienone is 1. The first-order valence-electron chi connectivity index (χ1n) is 11.1. The van der Waals surface area contributed by atoms with Gasteiger partial charge >= 0.3 is 6.18 Å². The number of benzene rings is 2. The van der Waals surface area contributed by atoms with Crippen molar-refractivity contribution in [2.75, 3.05) is 0 Å². The summed E-state index contributed by atoms with van der Waals surface area (Å²) in [6.45, 7) is 1.25. The van der Waals surface area contributed by atoms with Crippen molar-refractivity contribution in [3.05, 3.63) is 101 Å². The molecular formula is C25H17F4N7O2. The van der Waals surface area contributed by atoms with Crippen LogP contribution in [0.1, 0.15) is 23.0 Å². The van der Waals surface area contributed by atoms with E-state index in [-0.39, 0.29) is 16.9 Å². The molecule has 0 aliphatic carbocycles. The number of carbonyl (C=O) groups excluding carboxylic acids is 1. The van der Waals surface area contributed by atoms with Crippen molar-refractivity contribution in [1.82, 2.24) is 35.1 Å². The maximum atomic E-state index is 14.5. The SMILES string of the molecule is C/C(=C(/F)NC(=O)c1cnn(-c2ccc(-c3cccc4c(=O)[nH]ccc34)cc2)c1C(F)(F)F)n1nccn1. The van der Waals surface area contributed by atoms with Crippen molar-refractivity contribution in [1.29, 1.82) is 0 Å². The summed E-state index contributed by atoms with van der Waals surface area (Å²) in [5.74, 6) is -2.56. The second-order valence-electron chi connectivity index (χ2n) is 8.11. The van der Waals surface area contributed by atoms with Gasteiger partial charge in [0, 0.05) is 11.6 Å². The highest BCUT2D eigenvalue weighted by Gasteiger charge is 2.40. The van der Waals surface area contributed by atoms with Crippen molar-refractivity contribution in [3.63, 3.8) is 0 Å². The Balaban J connectivity index is 1.50. The fourth-order valence-corrected chi connectivity index (χ4v) is 3.97. The molecule has 0 aliphatic rings. The lowest BCUT2D eigenvalue weighted by Gasteiger charge is -2.13. The molecule has 0 aliphatic heterocycles. The first-order chi connectivity index (χ1) is 18.1. The summed E-state index contributed by atoms with van der Waals surface area (Å²) in [4.78, 5) is 28.2. The second kappa shape index (κ2) is 9.42. The monoisotopic (exact) mass is 523 g/mol. The van der Waals surface area contributed by atoms with Gasteiger partial charge in [-0.2, -0.15) is 37.7 Å². The van der Waals surface area contributed by atoms with E-state index >= 15 is 0 Å². The van der Waals surface area contributed by atoms with Gasteiger partial charge in [-0.3, -0.25) is 14.9 Å². The molecule has 9 nitrogen and oxygen atoms in total. The first-order valence-corrected chi connectivity index (χ1v) is 11.1. The van der Waals surface area contributed by atoms with E-state index in [4.69, 9.17) is 0 Å². The highest BCUT2D eigenvalue weighted by atomic mass is 19.4. The first kappa shape index (κ1) is 24.6. The number of fused-ring (bicyclic) bond motifs is 1. The van der Waals surface area contributed by atoms with E-state index in [0.29, 0.717) is 26.6 Å². The zero-order valence-electron chi connectivity index (χ0n) is 19.5. The molecule has 3 heterocycles. The third-order valence-electron chi connectivity index (χ3n) is 5.78. The van der Waals surface area contributed by atoms with E-state index in [1.54, 1.807) is 41.7 Å². The average molecular weight is 523 g/mol. The van der Waals surface area contributed by atoms with E-state index < -0.39 is 29.3 Å². The Kier molecular flexibility index (Phi) is 6.11. The van der Waals surface area contributed by atoms with Crippen LogP contribution in [-0.4, -0.2) is 35.7 Å². The molecule has 0 saturated carbocycles. The number of carbonyl (C=O) groups is 1. The number of nitrogens with one attached hydrogen (secondary N) is 2. The summed E-state index contributed by atoms with van der Waals surface area (Å²) in [5.41, 5.74) is -1.35. The molecule has 0 fully saturated rings. The number of H-pyrrole nitrogens is 1. The van der Waals surface area contributed by atoms with Crippen LogP contribution >= 0.6 is 0 Å². The average Bonchev–Trinajstić information content (AvgIpc) is 3.59. The molecule has 13 heteroatoms. The minimum Gasteiger partial charge on any atom is -0.329 e. The van der Waals surface area contributed by atoms with Crippen LogP contribution in [0.3, 0.4) is 0 Å². The molecule has 0 spiro atoms. The lowest BCUT2D eigenvalue weighted by Crippen LogP contribution is -2.26. The van der Waals surface area contributed by atoms with E-state index in [1.165, 1.54) is 37.6 Å². The van der Waals surface area contributed by atoms with Crippen LogP contribution in [-0.2, 0) is 6.18 Å². The predicted octanol–water partition coefficient (Wildman–Crippen LogP) is 4.54. The van der Waals surface area contributed by atoms with Crippen molar-refractivity contribution in [2.45, 2.75) is 13.1 Å². The van der Waals surface area contributed by atoms with Crippen LogP contribution < -0.4 is 10.9 Å². The van der Waals surface area contributed by atoms with Crippen molar-refractivity contribution in [3.8, 4) is 16.8 Å². The molecule has 5 rings (SSSR count). The Morgan fingerprint density at radius 2 is 1.68 bits per heavy atom. The summed E-state index contributed by atoms with van der Waals surface area (Å²) in [7, 11) is 0. The third-order valence-corrected chi connectivity index (χ3v) is 5.78. The summed E-state index contributed by atoms with van der Waals surface area (Å²) in [6, 6.07) is 12.9. The Bertz CT molecular complexity index is 1730. The summed E-state index contributed by atoms with van der Waals surface area (Å²) < 4.78 is 57.3. The van der Waals surface area contributed by atoms with Gasteiger partial charge in [0.15, 0.2) is 5.69 Å². The number of pyridine rings is 1. The van der Waals surface area contributed by atoms with Gasteiger partial charge in [0.1, 0.15) is 5.70 Å². The number of aromatic amines is 1. The largest absolute Gasteiger partial charge is 0.434 e. The fraction of sp³-hybridized carbons (Fsp3) is 0.0800. The Hall–Kier alpha value is -5.07. The zero-order valence-corrected chi connectivity index (χ0v) is 19.5. The lowest BCUT2D eigenvalue weighted by molar-refractivity contribution is -0.143. The van der Waals surface area contributed by atoms with Gasteiger partial charge in [0.05, 0.1) is 29.8 Å². The topological polar surface area (TPSA) is 110 Å². The molecule has 1 amide bonds. The third kappa shape index (κ3) is 4.45. The Morgan fingerprint density at radius 1 is 0.974 bits per heavy atom. The standard InChI is InChI=1S/C25H17F4N7O2/c1-14(36-31-11-12-32-36)22(26)34-24(38)20-13-33-35(21(20)25(27,28)29)16-7-5-15(6-8-16)17-3-2-4-19-18(17)9-10-30-23(19)37/h2-13H,1H3,(H,30,37)(H,34,38)/b22-14+. The van der Waals surface area contributed by atoms with Gasteiger partial charge in [-0.1, -0.05) is 24.3 Å². The highest BCUT2D eigenvalue weighted by Crippen LogP contribution is 2.35. The van der Waals surface area contributed by atoms with E-state index in [1.807, 2.05) is 0 Å². The molecule has 0 bridgehead atoms. The molecule has 192 valence electrons. The lowest BCUT2D eigenvalue weighted by atomic mass is 9.99. The molecule has 5 aromatic rings. The molecule has 3 aromatic heterocycles. The van der Waals surface area contributed by atoms with Crippen molar-refractivity contribution in [2.24, 2.45) is 0 Å². The number of nitrogens with zero attached hydrogens (tertiary/aromatic N) is 5. The van der Waals surface area contributed by atoms with E-state index in [2.05, 4.69) is 20.3 Å². The zero-order chi connectivity index (χ0) is 27.0. The molecule has 0 unspecified atom stereocenters. The number of halogens is 4.